The molecule has 0 aliphatic carbocycles. The number of benzene rings is 2. The molecule has 2 aromatic carbocycles. The minimum absolute atomic E-state index is 0.485. The van der Waals surface area contributed by atoms with E-state index in [1.54, 1.807) is 0 Å². The highest BCUT2D eigenvalue weighted by molar-refractivity contribution is 6.31. The molecular formula is C19H20ClN3. The molecule has 1 unspecified atom stereocenters. The number of hydrogen-bond acceptors (Lipinski definition) is 3. The molecule has 0 aromatic heterocycles. The molecule has 118 valence electrons. The maximum Gasteiger partial charge on any atom is 0.0874 e. The van der Waals surface area contributed by atoms with Gasteiger partial charge in [0, 0.05) is 49.9 Å². The molecule has 23 heavy (non-hydrogen) atoms. The highest BCUT2D eigenvalue weighted by atomic mass is 35.5. The van der Waals surface area contributed by atoms with E-state index >= 15 is 0 Å². The Balaban J connectivity index is 1.53. The number of anilines is 1. The fourth-order valence-corrected chi connectivity index (χ4v) is 3.71. The molecule has 0 radical (unpaired) electrons. The molecule has 1 fully saturated rings. The van der Waals surface area contributed by atoms with Crippen LogP contribution in [0.1, 0.15) is 12.0 Å². The molecule has 2 aromatic rings. The first-order chi connectivity index (χ1) is 11.3. The van der Waals surface area contributed by atoms with Crippen LogP contribution in [0, 0.1) is 0 Å². The first kappa shape index (κ1) is 14.7. The molecule has 0 saturated carbocycles. The SMILES string of the molecule is Clc1ccc2c(c1)N=CCC1CN(Cc3ccccc3)CCN21. The third-order valence-electron chi connectivity index (χ3n) is 4.67. The summed E-state index contributed by atoms with van der Waals surface area (Å²) in [5, 5.41) is 0.752. The molecule has 1 saturated heterocycles. The quantitative estimate of drug-likeness (QED) is 0.826. The summed E-state index contributed by atoms with van der Waals surface area (Å²) in [4.78, 5) is 9.66. The number of nitrogens with zero attached hydrogens (tertiary/aromatic N) is 3. The number of rotatable bonds is 2. The molecule has 2 aliphatic heterocycles. The summed E-state index contributed by atoms with van der Waals surface area (Å²) in [7, 11) is 0. The van der Waals surface area contributed by atoms with Gasteiger partial charge in [0.05, 0.1) is 11.4 Å². The zero-order valence-corrected chi connectivity index (χ0v) is 13.8. The van der Waals surface area contributed by atoms with Crippen LogP contribution in [0.15, 0.2) is 53.5 Å². The van der Waals surface area contributed by atoms with Crippen molar-refractivity contribution in [2.24, 2.45) is 4.99 Å². The summed E-state index contributed by atoms with van der Waals surface area (Å²) in [6, 6.07) is 17.2. The van der Waals surface area contributed by atoms with E-state index in [0.717, 1.165) is 43.3 Å². The Labute approximate surface area is 142 Å². The second kappa shape index (κ2) is 6.34. The lowest BCUT2D eigenvalue weighted by Gasteiger charge is -2.42. The fraction of sp³-hybridized carbons (Fsp3) is 0.316. The van der Waals surface area contributed by atoms with E-state index < -0.39 is 0 Å². The van der Waals surface area contributed by atoms with Crippen LogP contribution in [0.2, 0.25) is 5.02 Å². The molecule has 0 N–H and O–H groups in total. The Morgan fingerprint density at radius 3 is 2.83 bits per heavy atom. The van der Waals surface area contributed by atoms with E-state index in [1.807, 2.05) is 18.3 Å². The molecule has 3 nitrogen and oxygen atoms in total. The smallest absolute Gasteiger partial charge is 0.0874 e. The number of fused-ring (bicyclic) bond motifs is 3. The van der Waals surface area contributed by atoms with E-state index in [0.29, 0.717) is 6.04 Å². The average Bonchev–Trinajstić information content (AvgIpc) is 2.74. The number of piperazine rings is 1. The Kier molecular flexibility index (Phi) is 4.06. The normalized spacial score (nSPS) is 20.7. The van der Waals surface area contributed by atoms with Crippen LogP contribution in [0.3, 0.4) is 0 Å². The zero-order valence-electron chi connectivity index (χ0n) is 13.0. The van der Waals surface area contributed by atoms with Crippen molar-refractivity contribution in [3.05, 3.63) is 59.1 Å². The van der Waals surface area contributed by atoms with Crippen LogP contribution >= 0.6 is 11.6 Å². The summed E-state index contributed by atoms with van der Waals surface area (Å²) in [6.07, 6.45) is 3.03. The summed E-state index contributed by atoms with van der Waals surface area (Å²) in [5.74, 6) is 0. The number of hydrogen-bond donors (Lipinski definition) is 0. The van der Waals surface area contributed by atoms with Crippen molar-refractivity contribution in [3.63, 3.8) is 0 Å². The summed E-state index contributed by atoms with van der Waals surface area (Å²) in [6.45, 7) is 4.21. The van der Waals surface area contributed by atoms with Gasteiger partial charge < -0.3 is 4.90 Å². The third kappa shape index (κ3) is 3.12. The van der Waals surface area contributed by atoms with Gasteiger partial charge in [0.1, 0.15) is 0 Å². The Bertz CT molecular complexity index is 714. The van der Waals surface area contributed by atoms with Gasteiger partial charge in [-0.2, -0.15) is 0 Å². The summed E-state index contributed by atoms with van der Waals surface area (Å²) in [5.41, 5.74) is 3.60. The maximum atomic E-state index is 6.12. The minimum atomic E-state index is 0.485. The van der Waals surface area contributed by atoms with Gasteiger partial charge in [-0.1, -0.05) is 41.9 Å². The molecule has 2 aliphatic rings. The lowest BCUT2D eigenvalue weighted by atomic mass is 10.1. The molecule has 4 heteroatoms. The lowest BCUT2D eigenvalue weighted by molar-refractivity contribution is 0.217. The zero-order chi connectivity index (χ0) is 15.6. The van der Waals surface area contributed by atoms with Gasteiger partial charge in [-0.25, -0.2) is 0 Å². The Morgan fingerprint density at radius 1 is 1.09 bits per heavy atom. The van der Waals surface area contributed by atoms with Gasteiger partial charge >= 0.3 is 0 Å². The van der Waals surface area contributed by atoms with Crippen molar-refractivity contribution in [2.75, 3.05) is 24.5 Å². The van der Waals surface area contributed by atoms with Crippen molar-refractivity contribution in [1.82, 2.24) is 4.90 Å². The maximum absolute atomic E-state index is 6.12. The van der Waals surface area contributed by atoms with Gasteiger partial charge in [0.25, 0.3) is 0 Å². The fourth-order valence-electron chi connectivity index (χ4n) is 3.54. The molecule has 0 bridgehead atoms. The first-order valence-corrected chi connectivity index (χ1v) is 8.52. The summed E-state index contributed by atoms with van der Waals surface area (Å²) >= 11 is 6.12. The van der Waals surface area contributed by atoms with Crippen LogP contribution in [0.5, 0.6) is 0 Å². The van der Waals surface area contributed by atoms with Gasteiger partial charge in [0.2, 0.25) is 0 Å². The third-order valence-corrected chi connectivity index (χ3v) is 4.91. The minimum Gasteiger partial charge on any atom is -0.364 e. The molecule has 1 atom stereocenters. The van der Waals surface area contributed by atoms with E-state index in [4.69, 9.17) is 11.6 Å². The predicted octanol–water partition coefficient (Wildman–Crippen LogP) is 4.14. The van der Waals surface area contributed by atoms with Crippen molar-refractivity contribution < 1.29 is 0 Å². The largest absolute Gasteiger partial charge is 0.364 e. The summed E-state index contributed by atoms with van der Waals surface area (Å²) < 4.78 is 0. The molecule has 0 amide bonds. The van der Waals surface area contributed by atoms with Gasteiger partial charge in [-0.15, -0.1) is 0 Å². The highest BCUT2D eigenvalue weighted by Gasteiger charge is 2.29. The van der Waals surface area contributed by atoms with Crippen molar-refractivity contribution in [1.29, 1.82) is 0 Å². The lowest BCUT2D eigenvalue weighted by Crippen LogP contribution is -2.52. The highest BCUT2D eigenvalue weighted by Crippen LogP contribution is 2.36. The first-order valence-electron chi connectivity index (χ1n) is 8.14. The van der Waals surface area contributed by atoms with Crippen LogP contribution in [0.25, 0.3) is 0 Å². The standard InChI is InChI=1S/C19H20ClN3/c20-16-6-7-19-18(12-16)21-9-8-17-14-22(10-11-23(17)19)13-15-4-2-1-3-5-15/h1-7,9,12,17H,8,10-11,13-14H2. The molecule has 2 heterocycles. The van der Waals surface area contributed by atoms with Crippen molar-refractivity contribution >= 4 is 29.2 Å². The van der Waals surface area contributed by atoms with Crippen molar-refractivity contribution in [3.8, 4) is 0 Å². The second-order valence-corrected chi connectivity index (χ2v) is 6.68. The van der Waals surface area contributed by atoms with Crippen LogP contribution < -0.4 is 4.90 Å². The van der Waals surface area contributed by atoms with E-state index in [-0.39, 0.29) is 0 Å². The van der Waals surface area contributed by atoms with Crippen molar-refractivity contribution in [2.45, 2.75) is 19.0 Å². The van der Waals surface area contributed by atoms with E-state index in [9.17, 15) is 0 Å². The van der Waals surface area contributed by atoms with Gasteiger partial charge in [0.15, 0.2) is 0 Å². The van der Waals surface area contributed by atoms with Gasteiger partial charge in [-0.3, -0.25) is 9.89 Å². The topological polar surface area (TPSA) is 18.8 Å². The monoisotopic (exact) mass is 325 g/mol. The van der Waals surface area contributed by atoms with E-state index in [2.05, 4.69) is 51.2 Å². The second-order valence-electron chi connectivity index (χ2n) is 6.25. The van der Waals surface area contributed by atoms with Gasteiger partial charge in [-0.05, 0) is 23.8 Å². The Hall–Kier alpha value is -1.84. The molecular weight excluding hydrogens is 306 g/mol. The predicted molar refractivity (Wildman–Crippen MR) is 97.1 cm³/mol. The average molecular weight is 326 g/mol. The number of aliphatic imine (C=N–C) groups is 1. The van der Waals surface area contributed by atoms with Crippen LogP contribution in [-0.2, 0) is 6.54 Å². The van der Waals surface area contributed by atoms with Crippen LogP contribution in [-0.4, -0.2) is 36.8 Å². The molecule has 0 spiro atoms. The number of halogens is 1. The van der Waals surface area contributed by atoms with E-state index in [1.165, 1.54) is 11.3 Å². The molecule has 4 rings (SSSR count). The Morgan fingerprint density at radius 2 is 1.96 bits per heavy atom. The van der Waals surface area contributed by atoms with Crippen LogP contribution in [0.4, 0.5) is 11.4 Å².